The third-order valence-electron chi connectivity index (χ3n) is 4.54. The van der Waals surface area contributed by atoms with Gasteiger partial charge in [-0.3, -0.25) is 9.59 Å². The Balaban J connectivity index is 1.55. The third kappa shape index (κ3) is 4.32. The fourth-order valence-electron chi connectivity index (χ4n) is 3.04. The van der Waals surface area contributed by atoms with E-state index in [2.05, 4.69) is 4.98 Å². The van der Waals surface area contributed by atoms with Crippen molar-refractivity contribution in [3.63, 3.8) is 0 Å². The molecule has 3 rings (SSSR count). The van der Waals surface area contributed by atoms with Crippen LogP contribution in [0.5, 0.6) is 0 Å². The molecule has 0 aliphatic carbocycles. The Hall–Kier alpha value is -2.61. The number of amides is 1. The van der Waals surface area contributed by atoms with Crippen LogP contribution in [0, 0.1) is 0 Å². The molecule has 1 amide bonds. The minimum atomic E-state index is -0.154. The summed E-state index contributed by atoms with van der Waals surface area (Å²) in [6.45, 7) is 2.10. The van der Waals surface area contributed by atoms with Crippen molar-refractivity contribution in [1.29, 1.82) is 0 Å². The molecular weight excluding hydrogens is 336 g/mol. The molecule has 0 radical (unpaired) electrons. The minimum absolute atomic E-state index is 0.107. The van der Waals surface area contributed by atoms with E-state index in [4.69, 9.17) is 9.15 Å². The molecule has 0 N–H and O–H groups in total. The van der Waals surface area contributed by atoms with Gasteiger partial charge in [0.05, 0.1) is 25.2 Å². The first kappa shape index (κ1) is 18.2. The first-order valence-electron chi connectivity index (χ1n) is 8.68. The van der Waals surface area contributed by atoms with Crippen LogP contribution >= 0.6 is 0 Å². The van der Waals surface area contributed by atoms with Crippen molar-refractivity contribution in [2.45, 2.75) is 18.9 Å². The molecule has 0 saturated carbocycles. The van der Waals surface area contributed by atoms with Crippen molar-refractivity contribution < 1.29 is 13.9 Å². The number of furan rings is 1. The number of likely N-dealkylation sites (N-methyl/N-ethyl adjacent to an activating group) is 1. The lowest BCUT2D eigenvalue weighted by molar-refractivity contribution is -0.138. The van der Waals surface area contributed by atoms with Crippen molar-refractivity contribution >= 4 is 11.7 Å². The van der Waals surface area contributed by atoms with Gasteiger partial charge in [-0.2, -0.15) is 0 Å². The van der Waals surface area contributed by atoms with Gasteiger partial charge in [0.2, 0.25) is 5.91 Å². The number of rotatable bonds is 6. The molecule has 140 valence electrons. The zero-order chi connectivity index (χ0) is 18.5. The first-order valence-corrected chi connectivity index (χ1v) is 8.68. The van der Waals surface area contributed by atoms with Crippen molar-refractivity contribution in [3.8, 4) is 0 Å². The molecule has 0 aromatic carbocycles. The van der Waals surface area contributed by atoms with Crippen molar-refractivity contribution in [2.24, 2.45) is 7.05 Å². The smallest absolute Gasteiger partial charge is 0.293 e. The molecule has 0 unspecified atom stereocenters. The standard InChI is InChI=1S/C18H24N4O4/c1-20-7-6-19-17(18(20)24)21(2)11-15-12-22(8-10-26-15)16(23)4-3-14-5-9-25-13-14/h5-7,9,13,15H,3-4,8,10-12H2,1-2H3/t15-/m0/s1. The topological polar surface area (TPSA) is 80.8 Å². The SMILES string of the molecule is CN(C[C@H]1CN(C(=O)CCc2ccoc2)CCO1)c1nccn(C)c1=O. The van der Waals surface area contributed by atoms with Gasteiger partial charge in [-0.05, 0) is 18.1 Å². The summed E-state index contributed by atoms with van der Waals surface area (Å²) < 4.78 is 12.3. The number of aryl methyl sites for hydroxylation is 2. The second kappa shape index (κ2) is 8.18. The van der Waals surface area contributed by atoms with Gasteiger partial charge in [-0.15, -0.1) is 0 Å². The summed E-state index contributed by atoms with van der Waals surface area (Å²) in [5.74, 6) is 0.484. The second-order valence-electron chi connectivity index (χ2n) is 6.51. The summed E-state index contributed by atoms with van der Waals surface area (Å²) in [6, 6.07) is 1.87. The van der Waals surface area contributed by atoms with Crippen molar-refractivity contribution in [2.75, 3.05) is 38.2 Å². The monoisotopic (exact) mass is 360 g/mol. The van der Waals surface area contributed by atoms with Gasteiger partial charge < -0.3 is 23.5 Å². The Morgan fingerprint density at radius 2 is 2.31 bits per heavy atom. The van der Waals surface area contributed by atoms with Gasteiger partial charge in [0.1, 0.15) is 0 Å². The molecule has 1 saturated heterocycles. The van der Waals surface area contributed by atoms with Crippen LogP contribution in [0.25, 0.3) is 0 Å². The molecule has 8 heteroatoms. The summed E-state index contributed by atoms with van der Waals surface area (Å²) in [6.07, 6.45) is 7.46. The molecule has 0 bridgehead atoms. The highest BCUT2D eigenvalue weighted by Gasteiger charge is 2.26. The third-order valence-corrected chi connectivity index (χ3v) is 4.54. The van der Waals surface area contributed by atoms with Crippen LogP contribution in [-0.4, -0.2) is 59.8 Å². The van der Waals surface area contributed by atoms with Gasteiger partial charge >= 0.3 is 0 Å². The summed E-state index contributed by atoms with van der Waals surface area (Å²) in [5.41, 5.74) is 0.868. The maximum absolute atomic E-state index is 12.5. The molecule has 2 aromatic heterocycles. The fourth-order valence-corrected chi connectivity index (χ4v) is 3.04. The molecule has 1 atom stereocenters. The molecule has 1 aliphatic rings. The van der Waals surface area contributed by atoms with E-state index < -0.39 is 0 Å². The van der Waals surface area contributed by atoms with E-state index in [9.17, 15) is 9.59 Å². The highest BCUT2D eigenvalue weighted by atomic mass is 16.5. The van der Waals surface area contributed by atoms with E-state index in [1.807, 2.05) is 18.0 Å². The number of ether oxygens (including phenoxy) is 1. The Morgan fingerprint density at radius 3 is 3.08 bits per heavy atom. The number of nitrogens with zero attached hydrogens (tertiary/aromatic N) is 4. The van der Waals surface area contributed by atoms with Crippen LogP contribution in [0.15, 0.2) is 40.2 Å². The van der Waals surface area contributed by atoms with Gasteiger partial charge in [-0.1, -0.05) is 0 Å². The Morgan fingerprint density at radius 1 is 1.46 bits per heavy atom. The van der Waals surface area contributed by atoms with E-state index >= 15 is 0 Å². The van der Waals surface area contributed by atoms with Crippen molar-refractivity contribution in [3.05, 3.63) is 46.9 Å². The predicted octanol–water partition coefficient (Wildman–Crippen LogP) is 0.670. The molecule has 0 spiro atoms. The van der Waals surface area contributed by atoms with E-state index in [1.165, 1.54) is 4.57 Å². The molecule has 26 heavy (non-hydrogen) atoms. The quantitative estimate of drug-likeness (QED) is 0.753. The number of hydrogen-bond acceptors (Lipinski definition) is 6. The maximum atomic E-state index is 12.5. The van der Waals surface area contributed by atoms with Crippen LogP contribution in [0.1, 0.15) is 12.0 Å². The van der Waals surface area contributed by atoms with E-state index in [-0.39, 0.29) is 17.6 Å². The Kier molecular flexibility index (Phi) is 5.72. The average molecular weight is 360 g/mol. The highest BCUT2D eigenvalue weighted by molar-refractivity contribution is 5.76. The zero-order valence-corrected chi connectivity index (χ0v) is 15.1. The van der Waals surface area contributed by atoms with Crippen LogP contribution in [0.2, 0.25) is 0 Å². The fraction of sp³-hybridized carbons (Fsp3) is 0.500. The number of anilines is 1. The summed E-state index contributed by atoms with van der Waals surface area (Å²) in [5, 5.41) is 0. The van der Waals surface area contributed by atoms with Crippen LogP contribution < -0.4 is 10.5 Å². The number of morpholine rings is 1. The van der Waals surface area contributed by atoms with Gasteiger partial charge in [0.15, 0.2) is 5.82 Å². The number of carbonyl (C=O) groups is 1. The molecule has 8 nitrogen and oxygen atoms in total. The summed E-state index contributed by atoms with van der Waals surface area (Å²) >= 11 is 0. The highest BCUT2D eigenvalue weighted by Crippen LogP contribution is 2.12. The van der Waals surface area contributed by atoms with E-state index in [0.717, 1.165) is 5.56 Å². The average Bonchev–Trinajstić information content (AvgIpc) is 3.15. The number of aromatic nitrogens is 2. The van der Waals surface area contributed by atoms with Gasteiger partial charge in [-0.25, -0.2) is 4.98 Å². The Bertz CT molecular complexity index is 787. The molecular formula is C18H24N4O4. The van der Waals surface area contributed by atoms with Crippen LogP contribution in [0.4, 0.5) is 5.82 Å². The first-order chi connectivity index (χ1) is 12.5. The lowest BCUT2D eigenvalue weighted by Crippen LogP contribution is -2.49. The van der Waals surface area contributed by atoms with Crippen LogP contribution in [0.3, 0.4) is 0 Å². The normalized spacial score (nSPS) is 17.3. The van der Waals surface area contributed by atoms with Crippen LogP contribution in [-0.2, 0) is 23.0 Å². The minimum Gasteiger partial charge on any atom is -0.472 e. The number of hydrogen-bond donors (Lipinski definition) is 0. The Labute approximate surface area is 152 Å². The lowest BCUT2D eigenvalue weighted by atomic mass is 10.1. The molecule has 3 heterocycles. The lowest BCUT2D eigenvalue weighted by Gasteiger charge is -2.35. The van der Waals surface area contributed by atoms with Gasteiger partial charge in [0, 0.05) is 52.5 Å². The van der Waals surface area contributed by atoms with Crippen molar-refractivity contribution in [1.82, 2.24) is 14.5 Å². The molecule has 2 aromatic rings. The predicted molar refractivity (Wildman–Crippen MR) is 96.1 cm³/mol. The summed E-state index contributed by atoms with van der Waals surface area (Å²) in [7, 11) is 3.51. The maximum Gasteiger partial charge on any atom is 0.293 e. The number of carbonyl (C=O) groups excluding carboxylic acids is 1. The van der Waals surface area contributed by atoms with Gasteiger partial charge in [0.25, 0.3) is 5.56 Å². The largest absolute Gasteiger partial charge is 0.472 e. The molecule has 1 aliphatic heterocycles. The second-order valence-corrected chi connectivity index (χ2v) is 6.51. The van der Waals surface area contributed by atoms with E-state index in [1.54, 1.807) is 36.9 Å². The molecule has 1 fully saturated rings. The summed E-state index contributed by atoms with van der Waals surface area (Å²) in [4.78, 5) is 32.4. The zero-order valence-electron chi connectivity index (χ0n) is 15.1. The van der Waals surface area contributed by atoms with E-state index in [0.29, 0.717) is 44.9 Å².